The summed E-state index contributed by atoms with van der Waals surface area (Å²) in [6.07, 6.45) is 0.509. The van der Waals surface area contributed by atoms with Crippen LogP contribution in [0.15, 0.2) is 36.4 Å². The second kappa shape index (κ2) is 4.56. The molecule has 0 radical (unpaired) electrons. The largest absolute Gasteiger partial charge is 0.497 e. The molecule has 1 aliphatic rings. The van der Waals surface area contributed by atoms with Gasteiger partial charge in [-0.2, -0.15) is 5.26 Å². The number of nitrogens with zero attached hydrogens (tertiary/aromatic N) is 1. The minimum Gasteiger partial charge on any atom is -0.497 e. The van der Waals surface area contributed by atoms with E-state index in [1.54, 1.807) is 7.11 Å². The van der Waals surface area contributed by atoms with Crippen molar-refractivity contribution >= 4 is 10.8 Å². The molecule has 3 rings (SSSR count). The van der Waals surface area contributed by atoms with Crippen LogP contribution in [0.3, 0.4) is 0 Å². The summed E-state index contributed by atoms with van der Waals surface area (Å²) in [7, 11) is 1.67. The van der Waals surface area contributed by atoms with Gasteiger partial charge in [-0.05, 0) is 28.5 Å². The Morgan fingerprint density at radius 1 is 1.21 bits per heavy atom. The molecule has 0 amide bonds. The van der Waals surface area contributed by atoms with Crippen molar-refractivity contribution in [3.05, 3.63) is 42.0 Å². The summed E-state index contributed by atoms with van der Waals surface area (Å²) >= 11 is 0. The maximum absolute atomic E-state index is 8.99. The van der Waals surface area contributed by atoms with Gasteiger partial charge < -0.3 is 9.47 Å². The molecular formula is C16H15NO2. The van der Waals surface area contributed by atoms with Gasteiger partial charge in [0.05, 0.1) is 31.8 Å². The van der Waals surface area contributed by atoms with Crippen LogP contribution in [0, 0.1) is 11.3 Å². The average Bonchev–Trinajstić information content (AvgIpc) is 2.41. The highest BCUT2D eigenvalue weighted by Gasteiger charge is 2.40. The molecule has 1 aliphatic heterocycles. The molecular weight excluding hydrogens is 238 g/mol. The molecule has 0 spiro atoms. The Morgan fingerprint density at radius 3 is 2.58 bits per heavy atom. The molecule has 96 valence electrons. The normalized spacial score (nSPS) is 16.6. The molecule has 3 heteroatoms. The molecule has 0 aromatic heterocycles. The van der Waals surface area contributed by atoms with Crippen molar-refractivity contribution in [3.8, 4) is 11.8 Å². The lowest BCUT2D eigenvalue weighted by Gasteiger charge is -2.40. The summed E-state index contributed by atoms with van der Waals surface area (Å²) in [5.41, 5.74) is 1.08. The lowest BCUT2D eigenvalue weighted by molar-refractivity contribution is -0.0576. The van der Waals surface area contributed by atoms with Gasteiger partial charge in [0.2, 0.25) is 0 Å². The van der Waals surface area contributed by atoms with E-state index in [0.29, 0.717) is 19.6 Å². The van der Waals surface area contributed by atoms with Crippen LogP contribution in [-0.4, -0.2) is 20.3 Å². The zero-order valence-corrected chi connectivity index (χ0v) is 10.8. The molecule has 0 N–H and O–H groups in total. The fraction of sp³-hybridized carbons (Fsp3) is 0.312. The van der Waals surface area contributed by atoms with Gasteiger partial charge in [-0.1, -0.05) is 24.3 Å². The number of hydrogen-bond acceptors (Lipinski definition) is 3. The summed E-state index contributed by atoms with van der Waals surface area (Å²) in [4.78, 5) is 0. The van der Waals surface area contributed by atoms with Crippen LogP contribution < -0.4 is 4.74 Å². The van der Waals surface area contributed by atoms with E-state index in [9.17, 15) is 0 Å². The molecule has 3 nitrogen and oxygen atoms in total. The van der Waals surface area contributed by atoms with Crippen LogP contribution in [-0.2, 0) is 10.2 Å². The lowest BCUT2D eigenvalue weighted by Crippen LogP contribution is -2.46. The van der Waals surface area contributed by atoms with E-state index in [1.165, 1.54) is 10.9 Å². The van der Waals surface area contributed by atoms with Crippen molar-refractivity contribution < 1.29 is 9.47 Å². The van der Waals surface area contributed by atoms with Crippen LogP contribution in [0.1, 0.15) is 12.0 Å². The zero-order chi connectivity index (χ0) is 13.3. The first-order valence-electron chi connectivity index (χ1n) is 6.30. The van der Waals surface area contributed by atoms with Gasteiger partial charge in [0.1, 0.15) is 5.75 Å². The maximum Gasteiger partial charge on any atom is 0.119 e. The van der Waals surface area contributed by atoms with Crippen molar-refractivity contribution in [2.24, 2.45) is 0 Å². The lowest BCUT2D eigenvalue weighted by atomic mass is 9.76. The van der Waals surface area contributed by atoms with Gasteiger partial charge in [0, 0.05) is 6.42 Å². The van der Waals surface area contributed by atoms with Crippen LogP contribution in [0.25, 0.3) is 10.8 Å². The number of benzene rings is 2. The first-order valence-corrected chi connectivity index (χ1v) is 6.30. The third-order valence-electron chi connectivity index (χ3n) is 3.83. The van der Waals surface area contributed by atoms with Gasteiger partial charge in [-0.3, -0.25) is 0 Å². The van der Waals surface area contributed by atoms with Crippen LogP contribution in [0.2, 0.25) is 0 Å². The first-order chi connectivity index (χ1) is 9.27. The van der Waals surface area contributed by atoms with Gasteiger partial charge >= 0.3 is 0 Å². The second-order valence-electron chi connectivity index (χ2n) is 5.04. The van der Waals surface area contributed by atoms with Gasteiger partial charge in [-0.25, -0.2) is 0 Å². The smallest absolute Gasteiger partial charge is 0.119 e. The molecule has 0 unspecified atom stereocenters. The summed E-state index contributed by atoms with van der Waals surface area (Å²) in [6, 6.07) is 14.7. The average molecular weight is 253 g/mol. The Bertz CT molecular complexity index is 653. The number of methoxy groups -OCH3 is 1. The Morgan fingerprint density at radius 2 is 1.95 bits per heavy atom. The molecule has 0 aliphatic carbocycles. The number of ether oxygens (including phenoxy) is 2. The Kier molecular flexibility index (Phi) is 2.88. The molecule has 2 aromatic carbocycles. The van der Waals surface area contributed by atoms with Gasteiger partial charge in [0.15, 0.2) is 0 Å². The number of hydrogen-bond donors (Lipinski definition) is 0. The van der Waals surface area contributed by atoms with Gasteiger partial charge in [0.25, 0.3) is 0 Å². The summed E-state index contributed by atoms with van der Waals surface area (Å²) in [6.45, 7) is 1.28. The van der Waals surface area contributed by atoms with E-state index in [0.717, 1.165) is 11.1 Å². The molecule has 0 saturated carbocycles. The van der Waals surface area contributed by atoms with E-state index in [-0.39, 0.29) is 5.41 Å². The van der Waals surface area contributed by atoms with Crippen molar-refractivity contribution in [3.63, 3.8) is 0 Å². The molecule has 0 atom stereocenters. The quantitative estimate of drug-likeness (QED) is 0.844. The van der Waals surface area contributed by atoms with E-state index in [1.807, 2.05) is 12.1 Å². The minimum atomic E-state index is -0.108. The first kappa shape index (κ1) is 12.0. The molecule has 2 aromatic rings. The fourth-order valence-corrected chi connectivity index (χ4v) is 2.55. The number of nitriles is 1. The zero-order valence-electron chi connectivity index (χ0n) is 10.8. The summed E-state index contributed by atoms with van der Waals surface area (Å²) in [5.74, 6) is 0.860. The SMILES string of the molecule is COc1ccc2cc(C3(CC#N)COC3)ccc2c1. The highest BCUT2D eigenvalue weighted by molar-refractivity contribution is 5.84. The number of rotatable bonds is 3. The molecule has 1 fully saturated rings. The minimum absolute atomic E-state index is 0.108. The maximum atomic E-state index is 8.99. The topological polar surface area (TPSA) is 42.2 Å². The Hall–Kier alpha value is -2.05. The Labute approximate surface area is 112 Å². The predicted molar refractivity (Wildman–Crippen MR) is 73.2 cm³/mol. The monoisotopic (exact) mass is 253 g/mol. The molecule has 19 heavy (non-hydrogen) atoms. The molecule has 1 heterocycles. The van der Waals surface area contributed by atoms with Crippen LogP contribution in [0.5, 0.6) is 5.75 Å². The third-order valence-corrected chi connectivity index (χ3v) is 3.83. The van der Waals surface area contributed by atoms with Crippen LogP contribution in [0.4, 0.5) is 0 Å². The Balaban J connectivity index is 2.04. The van der Waals surface area contributed by atoms with E-state index in [4.69, 9.17) is 14.7 Å². The van der Waals surface area contributed by atoms with Crippen LogP contribution >= 0.6 is 0 Å². The van der Waals surface area contributed by atoms with E-state index >= 15 is 0 Å². The van der Waals surface area contributed by atoms with Gasteiger partial charge in [-0.15, -0.1) is 0 Å². The highest BCUT2D eigenvalue weighted by Crippen LogP contribution is 2.37. The van der Waals surface area contributed by atoms with Crippen molar-refractivity contribution in [1.82, 2.24) is 0 Å². The summed E-state index contributed by atoms with van der Waals surface area (Å²) in [5, 5.41) is 11.3. The third kappa shape index (κ3) is 1.94. The van der Waals surface area contributed by atoms with Crippen molar-refractivity contribution in [2.45, 2.75) is 11.8 Å². The van der Waals surface area contributed by atoms with Crippen molar-refractivity contribution in [1.29, 1.82) is 5.26 Å². The van der Waals surface area contributed by atoms with E-state index < -0.39 is 0 Å². The second-order valence-corrected chi connectivity index (χ2v) is 5.04. The highest BCUT2D eigenvalue weighted by atomic mass is 16.5. The van der Waals surface area contributed by atoms with E-state index in [2.05, 4.69) is 30.3 Å². The molecule has 1 saturated heterocycles. The summed E-state index contributed by atoms with van der Waals surface area (Å²) < 4.78 is 10.6. The fourth-order valence-electron chi connectivity index (χ4n) is 2.55. The predicted octanol–water partition coefficient (Wildman–Crippen LogP) is 3.03. The van der Waals surface area contributed by atoms with Crippen molar-refractivity contribution in [2.75, 3.05) is 20.3 Å². The molecule has 0 bridgehead atoms. The standard InChI is InChI=1S/C16H15NO2/c1-18-15-5-3-12-8-14(4-2-13(12)9-15)16(6-7-17)10-19-11-16/h2-5,8-9H,6,10-11H2,1H3. The number of fused-ring (bicyclic) bond motifs is 1.